The number of anilines is 1. The average Bonchev–Trinajstić information content (AvgIpc) is 2.54. The second-order valence-corrected chi connectivity index (χ2v) is 5.81. The van der Waals surface area contributed by atoms with Crippen molar-refractivity contribution in [3.05, 3.63) is 59.7 Å². The van der Waals surface area contributed by atoms with E-state index < -0.39 is 0 Å². The molecule has 0 radical (unpaired) electrons. The number of ether oxygens (including phenoxy) is 1. The third-order valence-corrected chi connectivity index (χ3v) is 3.57. The number of nitrogens with one attached hydrogen (secondary N) is 1. The maximum Gasteiger partial charge on any atom is 0.224 e. The molecule has 0 saturated heterocycles. The number of halogens is 1. The van der Waals surface area contributed by atoms with E-state index in [1.165, 1.54) is 5.56 Å². The standard InChI is InChI=1S/C19H24N2O2.ClH/c1-14(2)17-5-3-4-6-18(17)23-12-11-21-19(22)13-15-7-9-16(20)10-8-15;/h3-10,14H,11-13,20H2,1-2H3,(H,21,22);1H. The van der Waals surface area contributed by atoms with E-state index in [-0.39, 0.29) is 18.3 Å². The van der Waals surface area contributed by atoms with Crippen LogP contribution in [0.5, 0.6) is 5.75 Å². The highest BCUT2D eigenvalue weighted by molar-refractivity contribution is 5.85. The number of hydrogen-bond acceptors (Lipinski definition) is 3. The molecule has 0 aromatic heterocycles. The van der Waals surface area contributed by atoms with E-state index in [1.54, 1.807) is 12.1 Å². The number of carbonyl (C=O) groups is 1. The van der Waals surface area contributed by atoms with Gasteiger partial charge in [0.15, 0.2) is 0 Å². The molecule has 4 nitrogen and oxygen atoms in total. The largest absolute Gasteiger partial charge is 0.491 e. The van der Waals surface area contributed by atoms with Crippen LogP contribution in [-0.2, 0) is 11.2 Å². The number of nitrogen functional groups attached to an aromatic ring is 1. The van der Waals surface area contributed by atoms with Crippen LogP contribution in [0.15, 0.2) is 48.5 Å². The predicted molar refractivity (Wildman–Crippen MR) is 101 cm³/mol. The summed E-state index contributed by atoms with van der Waals surface area (Å²) in [7, 11) is 0. The molecule has 0 aliphatic carbocycles. The van der Waals surface area contributed by atoms with E-state index >= 15 is 0 Å². The van der Waals surface area contributed by atoms with Crippen LogP contribution < -0.4 is 15.8 Å². The van der Waals surface area contributed by atoms with Crippen molar-refractivity contribution in [2.24, 2.45) is 0 Å². The number of benzene rings is 2. The summed E-state index contributed by atoms with van der Waals surface area (Å²) in [5.74, 6) is 1.28. The maximum atomic E-state index is 11.9. The Morgan fingerprint density at radius 1 is 1.12 bits per heavy atom. The average molecular weight is 349 g/mol. The molecule has 1 amide bonds. The summed E-state index contributed by atoms with van der Waals surface area (Å²) in [6.45, 7) is 5.21. The van der Waals surface area contributed by atoms with Gasteiger partial charge in [0.2, 0.25) is 5.91 Å². The van der Waals surface area contributed by atoms with Crippen molar-refractivity contribution in [3.8, 4) is 5.75 Å². The molecule has 130 valence electrons. The van der Waals surface area contributed by atoms with Gasteiger partial charge in [-0.3, -0.25) is 4.79 Å². The van der Waals surface area contributed by atoms with Crippen LogP contribution in [-0.4, -0.2) is 19.1 Å². The van der Waals surface area contributed by atoms with Crippen LogP contribution in [0.1, 0.15) is 30.9 Å². The Morgan fingerprint density at radius 3 is 2.46 bits per heavy atom. The normalized spacial score (nSPS) is 10.1. The van der Waals surface area contributed by atoms with Crippen molar-refractivity contribution < 1.29 is 9.53 Å². The molecule has 2 aromatic carbocycles. The minimum atomic E-state index is -0.0180. The van der Waals surface area contributed by atoms with Gasteiger partial charge in [-0.15, -0.1) is 12.4 Å². The molecule has 5 heteroatoms. The number of hydrogen-bond donors (Lipinski definition) is 2. The van der Waals surface area contributed by atoms with Gasteiger partial charge in [0.05, 0.1) is 13.0 Å². The Bertz CT molecular complexity index is 642. The zero-order chi connectivity index (χ0) is 16.7. The predicted octanol–water partition coefficient (Wildman–Crippen LogP) is 3.55. The van der Waals surface area contributed by atoms with Gasteiger partial charge in [-0.2, -0.15) is 0 Å². The van der Waals surface area contributed by atoms with E-state index in [9.17, 15) is 4.79 Å². The van der Waals surface area contributed by atoms with Crippen molar-refractivity contribution in [1.29, 1.82) is 0 Å². The highest BCUT2D eigenvalue weighted by Gasteiger charge is 2.07. The first kappa shape index (κ1) is 19.8. The molecule has 24 heavy (non-hydrogen) atoms. The van der Waals surface area contributed by atoms with E-state index in [1.807, 2.05) is 30.3 Å². The second kappa shape index (κ2) is 9.83. The lowest BCUT2D eigenvalue weighted by atomic mass is 10.0. The van der Waals surface area contributed by atoms with Crippen molar-refractivity contribution in [2.45, 2.75) is 26.2 Å². The van der Waals surface area contributed by atoms with Crippen molar-refractivity contribution in [2.75, 3.05) is 18.9 Å². The molecule has 0 unspecified atom stereocenters. The molecule has 0 aliphatic heterocycles. The van der Waals surface area contributed by atoms with Gasteiger partial charge in [-0.05, 0) is 35.2 Å². The van der Waals surface area contributed by atoms with Gasteiger partial charge in [0.1, 0.15) is 12.4 Å². The first-order chi connectivity index (χ1) is 11.1. The maximum absolute atomic E-state index is 11.9. The van der Waals surface area contributed by atoms with Crippen LogP contribution in [0.25, 0.3) is 0 Å². The Balaban J connectivity index is 0.00000288. The topological polar surface area (TPSA) is 64.3 Å². The molecule has 3 N–H and O–H groups in total. The Labute approximate surface area is 149 Å². The van der Waals surface area contributed by atoms with E-state index in [4.69, 9.17) is 10.5 Å². The van der Waals surface area contributed by atoms with Gasteiger partial charge in [0, 0.05) is 5.69 Å². The Hall–Kier alpha value is -2.20. The van der Waals surface area contributed by atoms with E-state index in [0.29, 0.717) is 31.2 Å². The lowest BCUT2D eigenvalue weighted by molar-refractivity contribution is -0.120. The van der Waals surface area contributed by atoms with Gasteiger partial charge in [0.25, 0.3) is 0 Å². The molecule has 0 heterocycles. The second-order valence-electron chi connectivity index (χ2n) is 5.81. The highest BCUT2D eigenvalue weighted by atomic mass is 35.5. The molecule has 0 atom stereocenters. The number of rotatable bonds is 7. The fourth-order valence-electron chi connectivity index (χ4n) is 2.32. The molecular weight excluding hydrogens is 324 g/mol. The zero-order valence-electron chi connectivity index (χ0n) is 14.1. The molecule has 2 aromatic rings. The summed E-state index contributed by atoms with van der Waals surface area (Å²) in [4.78, 5) is 11.9. The molecule has 0 fully saturated rings. The summed E-state index contributed by atoms with van der Waals surface area (Å²) in [6.07, 6.45) is 0.350. The Kier molecular flexibility index (Phi) is 8.13. The van der Waals surface area contributed by atoms with E-state index in [0.717, 1.165) is 11.3 Å². The smallest absolute Gasteiger partial charge is 0.224 e. The fraction of sp³-hybridized carbons (Fsp3) is 0.316. The minimum Gasteiger partial charge on any atom is -0.491 e. The molecular formula is C19H25ClN2O2. The molecule has 0 bridgehead atoms. The molecule has 0 aliphatic rings. The lowest BCUT2D eigenvalue weighted by Crippen LogP contribution is -2.29. The molecule has 0 spiro atoms. The van der Waals surface area contributed by atoms with Crippen LogP contribution in [0.2, 0.25) is 0 Å². The summed E-state index contributed by atoms with van der Waals surface area (Å²) in [6, 6.07) is 15.3. The minimum absolute atomic E-state index is 0. The summed E-state index contributed by atoms with van der Waals surface area (Å²) >= 11 is 0. The number of nitrogens with two attached hydrogens (primary N) is 1. The van der Waals surface area contributed by atoms with Crippen LogP contribution >= 0.6 is 12.4 Å². The molecule has 2 rings (SSSR count). The van der Waals surface area contributed by atoms with Crippen molar-refractivity contribution in [1.82, 2.24) is 5.32 Å². The van der Waals surface area contributed by atoms with Crippen LogP contribution in [0.3, 0.4) is 0 Å². The highest BCUT2D eigenvalue weighted by Crippen LogP contribution is 2.25. The van der Waals surface area contributed by atoms with Gasteiger partial charge >= 0.3 is 0 Å². The lowest BCUT2D eigenvalue weighted by Gasteiger charge is -2.14. The van der Waals surface area contributed by atoms with Gasteiger partial charge < -0.3 is 15.8 Å². The SMILES string of the molecule is CC(C)c1ccccc1OCCNC(=O)Cc1ccc(N)cc1.Cl. The van der Waals surface area contributed by atoms with Gasteiger partial charge in [-0.1, -0.05) is 44.2 Å². The number of carbonyl (C=O) groups excluding carboxylic acids is 1. The first-order valence-corrected chi connectivity index (χ1v) is 7.89. The first-order valence-electron chi connectivity index (χ1n) is 7.89. The Morgan fingerprint density at radius 2 is 1.79 bits per heavy atom. The van der Waals surface area contributed by atoms with Crippen LogP contribution in [0, 0.1) is 0 Å². The zero-order valence-corrected chi connectivity index (χ0v) is 14.9. The third-order valence-electron chi connectivity index (χ3n) is 3.57. The summed E-state index contributed by atoms with van der Waals surface area (Å²) in [5.41, 5.74) is 8.46. The monoisotopic (exact) mass is 348 g/mol. The van der Waals surface area contributed by atoms with Gasteiger partial charge in [-0.25, -0.2) is 0 Å². The molecule has 0 saturated carbocycles. The third kappa shape index (κ3) is 6.13. The van der Waals surface area contributed by atoms with Crippen LogP contribution in [0.4, 0.5) is 5.69 Å². The number of amides is 1. The van der Waals surface area contributed by atoms with Crippen molar-refractivity contribution in [3.63, 3.8) is 0 Å². The number of para-hydroxylation sites is 1. The fourth-order valence-corrected chi connectivity index (χ4v) is 2.32. The van der Waals surface area contributed by atoms with Crippen molar-refractivity contribution >= 4 is 24.0 Å². The quantitative estimate of drug-likeness (QED) is 0.594. The summed E-state index contributed by atoms with van der Waals surface area (Å²) < 4.78 is 5.78. The van der Waals surface area contributed by atoms with E-state index in [2.05, 4.69) is 25.2 Å². The summed E-state index contributed by atoms with van der Waals surface area (Å²) in [5, 5.41) is 2.87.